The van der Waals surface area contributed by atoms with Gasteiger partial charge in [0.25, 0.3) is 0 Å². The summed E-state index contributed by atoms with van der Waals surface area (Å²) >= 11 is 6.30. The summed E-state index contributed by atoms with van der Waals surface area (Å²) in [6.45, 7) is 3.30. The number of aryl methyl sites for hydroxylation is 1. The number of carbonyl (C=O) groups is 1. The summed E-state index contributed by atoms with van der Waals surface area (Å²) in [6.07, 6.45) is 3.30. The Kier molecular flexibility index (Phi) is 4.20. The first-order valence-electron chi connectivity index (χ1n) is 7.50. The van der Waals surface area contributed by atoms with Crippen molar-refractivity contribution in [2.24, 2.45) is 11.7 Å². The molecule has 1 saturated carbocycles. The van der Waals surface area contributed by atoms with Gasteiger partial charge in [0.05, 0.1) is 23.4 Å². The summed E-state index contributed by atoms with van der Waals surface area (Å²) in [7, 11) is 0. The molecule has 1 aliphatic carbocycles. The van der Waals surface area contributed by atoms with E-state index in [0.717, 1.165) is 6.42 Å². The summed E-state index contributed by atoms with van der Waals surface area (Å²) in [5.74, 6) is 0.548. The summed E-state index contributed by atoms with van der Waals surface area (Å²) in [4.78, 5) is 12.2. The van der Waals surface area contributed by atoms with Crippen LogP contribution in [-0.2, 0) is 9.53 Å². The largest absolute Gasteiger partial charge is 0.381 e. The minimum atomic E-state index is -0.549. The van der Waals surface area contributed by atoms with E-state index in [2.05, 4.69) is 12.2 Å². The Morgan fingerprint density at radius 3 is 2.81 bits per heavy atom. The molecular formula is C16H21ClN2O2. The van der Waals surface area contributed by atoms with E-state index >= 15 is 0 Å². The summed E-state index contributed by atoms with van der Waals surface area (Å²) < 4.78 is 5.28. The number of hydrogen-bond donors (Lipinski definition) is 2. The summed E-state index contributed by atoms with van der Waals surface area (Å²) in [6, 6.07) is 3.38. The molecule has 0 bridgehead atoms. The highest BCUT2D eigenvalue weighted by Gasteiger charge is 2.29. The summed E-state index contributed by atoms with van der Waals surface area (Å²) in [5.41, 5.74) is 9.14. The van der Waals surface area contributed by atoms with Gasteiger partial charge < -0.3 is 15.8 Å². The number of rotatable bonds is 4. The Labute approximate surface area is 130 Å². The molecule has 2 aliphatic rings. The van der Waals surface area contributed by atoms with Crippen LogP contribution in [0.25, 0.3) is 0 Å². The smallest absolute Gasteiger partial charge is 0.241 e. The molecule has 1 heterocycles. The van der Waals surface area contributed by atoms with Crippen LogP contribution in [0.3, 0.4) is 0 Å². The molecule has 2 unspecified atom stereocenters. The highest BCUT2D eigenvalue weighted by molar-refractivity contribution is 6.33. The van der Waals surface area contributed by atoms with E-state index in [1.165, 1.54) is 24.0 Å². The second kappa shape index (κ2) is 5.95. The van der Waals surface area contributed by atoms with Gasteiger partial charge in [-0.05, 0) is 55.4 Å². The van der Waals surface area contributed by atoms with Gasteiger partial charge in [-0.3, -0.25) is 4.79 Å². The monoisotopic (exact) mass is 308 g/mol. The predicted octanol–water partition coefficient (Wildman–Crippen LogP) is 2.83. The molecule has 0 radical (unpaired) electrons. The van der Waals surface area contributed by atoms with Crippen LogP contribution in [-0.4, -0.2) is 25.2 Å². The quantitative estimate of drug-likeness (QED) is 0.899. The maximum atomic E-state index is 12.2. The third-order valence-electron chi connectivity index (χ3n) is 4.41. The molecule has 1 aromatic carbocycles. The lowest BCUT2D eigenvalue weighted by molar-refractivity contribution is -0.118. The normalized spacial score (nSPS) is 23.1. The Morgan fingerprint density at radius 2 is 2.19 bits per heavy atom. The maximum absolute atomic E-state index is 12.2. The van der Waals surface area contributed by atoms with Crippen molar-refractivity contribution in [3.05, 3.63) is 28.3 Å². The molecule has 5 heteroatoms. The topological polar surface area (TPSA) is 64.4 Å². The number of anilines is 1. The second-order valence-corrected chi connectivity index (χ2v) is 6.51. The van der Waals surface area contributed by atoms with Crippen LogP contribution >= 0.6 is 11.6 Å². The average molecular weight is 309 g/mol. The van der Waals surface area contributed by atoms with Crippen molar-refractivity contribution in [3.63, 3.8) is 0 Å². The number of carbonyl (C=O) groups excluding carboxylic acids is 1. The molecule has 2 fully saturated rings. The molecular weight excluding hydrogens is 288 g/mol. The molecule has 4 nitrogen and oxygen atoms in total. The SMILES string of the molecule is Cc1cc(NC(=O)C(N)C2CCOC2)c(Cl)cc1C1CC1. The predicted molar refractivity (Wildman–Crippen MR) is 83.7 cm³/mol. The van der Waals surface area contributed by atoms with Crippen LogP contribution in [0.15, 0.2) is 12.1 Å². The highest BCUT2D eigenvalue weighted by atomic mass is 35.5. The Balaban J connectivity index is 1.71. The third-order valence-corrected chi connectivity index (χ3v) is 4.72. The van der Waals surface area contributed by atoms with Crippen molar-refractivity contribution in [1.29, 1.82) is 0 Å². The molecule has 0 spiro atoms. The van der Waals surface area contributed by atoms with Crippen LogP contribution in [0.5, 0.6) is 0 Å². The van der Waals surface area contributed by atoms with Gasteiger partial charge in [0.1, 0.15) is 0 Å². The zero-order valence-corrected chi connectivity index (χ0v) is 13.0. The first kappa shape index (κ1) is 14.8. The van der Waals surface area contributed by atoms with Crippen LogP contribution in [0.1, 0.15) is 36.3 Å². The number of nitrogens with one attached hydrogen (secondary N) is 1. The van der Waals surface area contributed by atoms with Crippen molar-refractivity contribution < 1.29 is 9.53 Å². The van der Waals surface area contributed by atoms with Gasteiger partial charge in [-0.2, -0.15) is 0 Å². The van der Waals surface area contributed by atoms with E-state index in [1.807, 2.05) is 12.1 Å². The molecule has 21 heavy (non-hydrogen) atoms. The number of ether oxygens (including phenoxy) is 1. The molecule has 3 rings (SSSR count). The molecule has 1 saturated heterocycles. The molecule has 0 aromatic heterocycles. The lowest BCUT2D eigenvalue weighted by Crippen LogP contribution is -2.42. The number of amides is 1. The standard InChI is InChI=1S/C16H21ClN2O2/c1-9-6-14(13(17)7-12(9)10-2-3-10)19-16(20)15(18)11-4-5-21-8-11/h6-7,10-11,15H,2-5,8,18H2,1H3,(H,19,20). The number of nitrogens with two attached hydrogens (primary N) is 1. The van der Waals surface area contributed by atoms with Gasteiger partial charge in [-0.15, -0.1) is 0 Å². The van der Waals surface area contributed by atoms with E-state index in [0.29, 0.717) is 29.8 Å². The molecule has 3 N–H and O–H groups in total. The zero-order valence-electron chi connectivity index (χ0n) is 12.2. The van der Waals surface area contributed by atoms with Crippen LogP contribution < -0.4 is 11.1 Å². The lowest BCUT2D eigenvalue weighted by Gasteiger charge is -2.18. The van der Waals surface area contributed by atoms with Crippen molar-refractivity contribution in [3.8, 4) is 0 Å². The van der Waals surface area contributed by atoms with Gasteiger partial charge in [0.15, 0.2) is 0 Å². The van der Waals surface area contributed by atoms with Gasteiger partial charge in [0, 0.05) is 12.5 Å². The lowest BCUT2D eigenvalue weighted by atomic mass is 9.99. The highest BCUT2D eigenvalue weighted by Crippen LogP contribution is 2.43. The first-order chi connectivity index (χ1) is 10.1. The van der Waals surface area contributed by atoms with Crippen LogP contribution in [0.2, 0.25) is 5.02 Å². The molecule has 2 atom stereocenters. The van der Waals surface area contributed by atoms with Crippen LogP contribution in [0, 0.1) is 12.8 Å². The number of hydrogen-bond acceptors (Lipinski definition) is 3. The minimum absolute atomic E-state index is 0.0932. The van der Waals surface area contributed by atoms with Gasteiger partial charge in [-0.25, -0.2) is 0 Å². The molecule has 1 aliphatic heterocycles. The first-order valence-corrected chi connectivity index (χ1v) is 7.88. The van der Waals surface area contributed by atoms with E-state index in [9.17, 15) is 4.79 Å². The Bertz CT molecular complexity index is 551. The van der Waals surface area contributed by atoms with Crippen LogP contribution in [0.4, 0.5) is 5.69 Å². The van der Waals surface area contributed by atoms with Crippen molar-refractivity contribution in [1.82, 2.24) is 0 Å². The average Bonchev–Trinajstić information content (AvgIpc) is 3.15. The van der Waals surface area contributed by atoms with Crippen molar-refractivity contribution in [2.45, 2.75) is 38.1 Å². The second-order valence-electron chi connectivity index (χ2n) is 6.10. The van der Waals surface area contributed by atoms with Gasteiger partial charge in [0.2, 0.25) is 5.91 Å². The van der Waals surface area contributed by atoms with Gasteiger partial charge in [-0.1, -0.05) is 11.6 Å². The fourth-order valence-electron chi connectivity index (χ4n) is 2.89. The van der Waals surface area contributed by atoms with Gasteiger partial charge >= 0.3 is 0 Å². The third kappa shape index (κ3) is 3.23. The molecule has 1 aromatic rings. The maximum Gasteiger partial charge on any atom is 0.241 e. The van der Waals surface area contributed by atoms with E-state index < -0.39 is 6.04 Å². The van der Waals surface area contributed by atoms with Crippen molar-refractivity contribution in [2.75, 3.05) is 18.5 Å². The summed E-state index contributed by atoms with van der Waals surface area (Å²) in [5, 5.41) is 3.45. The van der Waals surface area contributed by atoms with Crippen molar-refractivity contribution >= 4 is 23.2 Å². The fourth-order valence-corrected chi connectivity index (χ4v) is 3.11. The minimum Gasteiger partial charge on any atom is -0.381 e. The molecule has 114 valence electrons. The Morgan fingerprint density at radius 1 is 1.43 bits per heavy atom. The number of benzene rings is 1. The number of halogens is 1. The van der Waals surface area contributed by atoms with E-state index in [4.69, 9.17) is 22.1 Å². The Hall–Kier alpha value is -1.10. The molecule has 1 amide bonds. The zero-order chi connectivity index (χ0) is 15.0. The fraction of sp³-hybridized carbons (Fsp3) is 0.562. The van der Waals surface area contributed by atoms with E-state index in [-0.39, 0.29) is 11.8 Å². The van der Waals surface area contributed by atoms with E-state index in [1.54, 1.807) is 0 Å².